The normalized spacial score (nSPS) is 11.1. The van der Waals surface area contributed by atoms with Crippen molar-refractivity contribution in [3.63, 3.8) is 0 Å². The van der Waals surface area contributed by atoms with Crippen LogP contribution in [-0.2, 0) is 0 Å². The summed E-state index contributed by atoms with van der Waals surface area (Å²) in [4.78, 5) is 0. The van der Waals surface area contributed by atoms with E-state index in [9.17, 15) is 0 Å². The van der Waals surface area contributed by atoms with Crippen LogP contribution in [0.4, 0.5) is 0 Å². The maximum atomic E-state index is 5.92. The Morgan fingerprint density at radius 2 is 1.06 bits per heavy atom. The van der Waals surface area contributed by atoms with Crippen LogP contribution < -0.4 is 22.1 Å². The van der Waals surface area contributed by atoms with Gasteiger partial charge in [0, 0.05) is 12.6 Å². The van der Waals surface area contributed by atoms with Gasteiger partial charge in [0.15, 0.2) is 0 Å². The highest BCUT2D eigenvalue weighted by Gasteiger charge is 2.21. The Morgan fingerprint density at radius 1 is 0.667 bits per heavy atom. The van der Waals surface area contributed by atoms with Crippen LogP contribution in [0, 0.1) is 0 Å². The van der Waals surface area contributed by atoms with Crippen molar-refractivity contribution in [1.29, 1.82) is 0 Å². The minimum atomic E-state index is -0.400. The Bertz CT molecular complexity index is 418. The Balaban J connectivity index is 2.41. The number of rotatable bonds is 5. The summed E-state index contributed by atoms with van der Waals surface area (Å²) in [6.45, 7) is 0. The predicted molar refractivity (Wildman–Crippen MR) is 84.1 cm³/mol. The molecule has 0 bridgehead atoms. The summed E-state index contributed by atoms with van der Waals surface area (Å²) in [5.74, 6) is 0. The molecule has 0 unspecified atom stereocenters. The molecule has 4 N–H and O–H groups in total. The highest BCUT2D eigenvalue weighted by atomic mass is 32.1. The van der Waals surface area contributed by atoms with E-state index >= 15 is 0 Å². The van der Waals surface area contributed by atoms with Crippen molar-refractivity contribution in [2.24, 2.45) is 11.5 Å². The smallest absolute Gasteiger partial charge is 0.0185 e. The van der Waals surface area contributed by atoms with Crippen LogP contribution in [0.5, 0.6) is 0 Å². The van der Waals surface area contributed by atoms with Gasteiger partial charge in [0.1, 0.15) is 0 Å². The molecule has 0 aliphatic heterocycles. The molecular weight excluding hydrogens is 258 g/mol. The van der Waals surface area contributed by atoms with Gasteiger partial charge in [-0.25, -0.2) is 0 Å². The summed E-state index contributed by atoms with van der Waals surface area (Å²) in [5.41, 5.74) is 11.8. The first-order valence-electron chi connectivity index (χ1n) is 5.92. The highest BCUT2D eigenvalue weighted by molar-refractivity contribution is 8.36. The molecule has 0 aromatic heterocycles. The van der Waals surface area contributed by atoms with Gasteiger partial charge in [-0.05, 0) is 25.8 Å². The fraction of sp³-hybridized carbons (Fsp3) is 0.143. The second-order valence-corrected chi connectivity index (χ2v) is 10.2. The maximum Gasteiger partial charge on any atom is 0.0185 e. The molecule has 0 amide bonds. The minimum Gasteiger partial charge on any atom is -0.326 e. The SMILES string of the molecule is NCP(CN)P(c1ccccc1)c1ccccc1. The maximum absolute atomic E-state index is 5.92. The van der Waals surface area contributed by atoms with Gasteiger partial charge in [0.25, 0.3) is 0 Å². The molecule has 0 spiro atoms. The molecule has 4 heteroatoms. The van der Waals surface area contributed by atoms with Crippen molar-refractivity contribution in [3.05, 3.63) is 60.7 Å². The summed E-state index contributed by atoms with van der Waals surface area (Å²) in [5, 5.41) is 2.75. The zero-order valence-corrected chi connectivity index (χ0v) is 12.0. The van der Waals surface area contributed by atoms with Gasteiger partial charge in [0.05, 0.1) is 0 Å². The average molecular weight is 276 g/mol. The molecule has 0 aliphatic carbocycles. The zero-order chi connectivity index (χ0) is 12.8. The van der Waals surface area contributed by atoms with E-state index in [1.165, 1.54) is 10.6 Å². The fourth-order valence-corrected chi connectivity index (χ4v) is 7.93. The van der Waals surface area contributed by atoms with Gasteiger partial charge in [-0.3, -0.25) is 0 Å². The van der Waals surface area contributed by atoms with E-state index in [1.54, 1.807) is 0 Å². The highest BCUT2D eigenvalue weighted by Crippen LogP contribution is 2.65. The zero-order valence-electron chi connectivity index (χ0n) is 10.2. The van der Waals surface area contributed by atoms with Gasteiger partial charge >= 0.3 is 0 Å². The summed E-state index contributed by atoms with van der Waals surface area (Å²) < 4.78 is 0. The Labute approximate surface area is 111 Å². The average Bonchev–Trinajstić information content (AvgIpc) is 2.46. The van der Waals surface area contributed by atoms with Gasteiger partial charge in [-0.2, -0.15) is 0 Å². The summed E-state index contributed by atoms with van der Waals surface area (Å²) >= 11 is 0. The van der Waals surface area contributed by atoms with Crippen molar-refractivity contribution < 1.29 is 0 Å². The molecular formula is C14H18N2P2. The molecule has 0 radical (unpaired) electrons. The van der Waals surface area contributed by atoms with E-state index in [0.29, 0.717) is 12.6 Å². The first-order chi connectivity index (χ1) is 8.86. The lowest BCUT2D eigenvalue weighted by molar-refractivity contribution is 1.32. The number of hydrogen-bond acceptors (Lipinski definition) is 2. The second-order valence-electron chi connectivity index (χ2n) is 3.85. The lowest BCUT2D eigenvalue weighted by Gasteiger charge is -2.26. The Kier molecular flexibility index (Phi) is 5.28. The third-order valence-corrected chi connectivity index (χ3v) is 9.75. The van der Waals surface area contributed by atoms with Gasteiger partial charge in [0.2, 0.25) is 0 Å². The summed E-state index contributed by atoms with van der Waals surface area (Å²) in [6.07, 6.45) is 1.39. The third-order valence-electron chi connectivity index (χ3n) is 2.71. The molecule has 0 fully saturated rings. The van der Waals surface area contributed by atoms with Crippen molar-refractivity contribution in [2.45, 2.75) is 0 Å². The molecule has 2 rings (SSSR count). The molecule has 94 valence electrons. The van der Waals surface area contributed by atoms with Crippen LogP contribution in [-0.4, -0.2) is 12.6 Å². The van der Waals surface area contributed by atoms with Crippen molar-refractivity contribution in [3.8, 4) is 0 Å². The van der Waals surface area contributed by atoms with Gasteiger partial charge < -0.3 is 11.5 Å². The first-order valence-corrected chi connectivity index (χ1v) is 9.68. The van der Waals surface area contributed by atoms with E-state index in [4.69, 9.17) is 11.5 Å². The molecule has 18 heavy (non-hydrogen) atoms. The molecule has 0 heterocycles. The van der Waals surface area contributed by atoms with Crippen molar-refractivity contribution >= 4 is 25.8 Å². The number of hydrogen-bond donors (Lipinski definition) is 2. The number of nitrogens with two attached hydrogens (primary N) is 2. The van der Waals surface area contributed by atoms with Crippen molar-refractivity contribution in [1.82, 2.24) is 0 Å². The monoisotopic (exact) mass is 276 g/mol. The Morgan fingerprint density at radius 3 is 1.39 bits per heavy atom. The molecule has 2 aromatic rings. The van der Waals surface area contributed by atoms with E-state index in [0.717, 1.165) is 0 Å². The number of benzene rings is 2. The van der Waals surface area contributed by atoms with Crippen LogP contribution in [0.25, 0.3) is 0 Å². The molecule has 0 saturated heterocycles. The molecule has 2 nitrogen and oxygen atoms in total. The topological polar surface area (TPSA) is 52.0 Å². The molecule has 0 atom stereocenters. The van der Waals surface area contributed by atoms with E-state index in [1.807, 2.05) is 0 Å². The van der Waals surface area contributed by atoms with Crippen LogP contribution in [0.3, 0.4) is 0 Å². The molecule has 0 aliphatic rings. The third kappa shape index (κ3) is 3.16. The van der Waals surface area contributed by atoms with Crippen molar-refractivity contribution in [2.75, 3.05) is 12.6 Å². The molecule has 2 aromatic carbocycles. The minimum absolute atomic E-state index is 0.352. The first kappa shape index (κ1) is 13.6. The van der Waals surface area contributed by atoms with E-state index in [-0.39, 0.29) is 7.61 Å². The largest absolute Gasteiger partial charge is 0.326 e. The quantitative estimate of drug-likeness (QED) is 0.824. The predicted octanol–water partition coefficient (Wildman–Crippen LogP) is 2.35. The lowest BCUT2D eigenvalue weighted by atomic mass is 10.4. The van der Waals surface area contributed by atoms with Gasteiger partial charge in [-0.15, -0.1) is 0 Å². The van der Waals surface area contributed by atoms with Crippen LogP contribution in [0.2, 0.25) is 0 Å². The van der Waals surface area contributed by atoms with Gasteiger partial charge in [-0.1, -0.05) is 60.7 Å². The second kappa shape index (κ2) is 6.97. The van der Waals surface area contributed by atoms with E-state index < -0.39 is 7.61 Å². The fourth-order valence-electron chi connectivity index (χ4n) is 1.85. The van der Waals surface area contributed by atoms with E-state index in [2.05, 4.69) is 60.7 Å². The standard InChI is InChI=1S/C14H18N2P2/c15-11-17(12-16)18(13-7-3-1-4-8-13)14-9-5-2-6-10-14/h1-10H,11-12,15-16H2. The Hall–Kier alpha value is -0.780. The van der Waals surface area contributed by atoms with Crippen LogP contribution in [0.1, 0.15) is 0 Å². The van der Waals surface area contributed by atoms with Crippen LogP contribution >= 0.6 is 15.2 Å². The lowest BCUT2D eigenvalue weighted by Crippen LogP contribution is -2.16. The molecule has 0 saturated carbocycles. The van der Waals surface area contributed by atoms with Crippen LogP contribution in [0.15, 0.2) is 60.7 Å². The summed E-state index contributed by atoms with van der Waals surface area (Å²) in [7, 11) is -0.752. The summed E-state index contributed by atoms with van der Waals surface area (Å²) in [6, 6.07) is 21.2.